The summed E-state index contributed by atoms with van der Waals surface area (Å²) >= 11 is 1.71. The number of quaternary nitrogens is 1. The van der Waals surface area contributed by atoms with E-state index in [9.17, 15) is 9.59 Å². The van der Waals surface area contributed by atoms with Crippen LogP contribution in [0.1, 0.15) is 61.8 Å². The van der Waals surface area contributed by atoms with E-state index in [2.05, 4.69) is 24.1 Å². The lowest BCUT2D eigenvalue weighted by Crippen LogP contribution is -2.85. The summed E-state index contributed by atoms with van der Waals surface area (Å²) in [5.74, 6) is 1.74. The standard InChI is InChI=1S/C20H28N4O2S/c1-12-6-7-14-15(11-12)27-20-17(14)19(26)22-18(23-20)13(2)21-8-4-10-24-9-3-5-16(24)25/h12-13,21H,3-11H2,1-2H3,(H,22,23,26)/p+1/t12-,13+/m0/s1. The van der Waals surface area contributed by atoms with Crippen molar-refractivity contribution in [2.24, 2.45) is 5.92 Å². The van der Waals surface area contributed by atoms with Gasteiger partial charge in [0.1, 0.15) is 10.9 Å². The predicted octanol–water partition coefficient (Wildman–Crippen LogP) is 1.75. The van der Waals surface area contributed by atoms with E-state index in [4.69, 9.17) is 4.98 Å². The fourth-order valence-corrected chi connectivity index (χ4v) is 5.67. The van der Waals surface area contributed by atoms with Crippen LogP contribution in [0.4, 0.5) is 0 Å². The minimum absolute atomic E-state index is 0.0185. The van der Waals surface area contributed by atoms with Crippen molar-refractivity contribution in [1.82, 2.24) is 14.9 Å². The molecule has 0 aromatic carbocycles. The number of hydrogen-bond acceptors (Lipinski definition) is 4. The maximum Gasteiger partial charge on any atom is 0.260 e. The first-order valence-electron chi connectivity index (χ1n) is 10.2. The smallest absolute Gasteiger partial charge is 0.260 e. The molecule has 1 aliphatic carbocycles. The molecule has 146 valence electrons. The third kappa shape index (κ3) is 3.80. The van der Waals surface area contributed by atoms with Crippen molar-refractivity contribution < 1.29 is 10.1 Å². The van der Waals surface area contributed by atoms with E-state index in [-0.39, 0.29) is 17.5 Å². The molecular weight excluding hydrogens is 360 g/mol. The number of H-pyrrole nitrogens is 1. The number of amides is 1. The minimum Gasteiger partial charge on any atom is -0.342 e. The zero-order chi connectivity index (χ0) is 19.0. The molecule has 0 spiro atoms. The number of rotatable bonds is 6. The predicted molar refractivity (Wildman–Crippen MR) is 107 cm³/mol. The van der Waals surface area contributed by atoms with Crippen molar-refractivity contribution in [2.45, 2.75) is 58.4 Å². The first-order valence-corrected chi connectivity index (χ1v) is 11.0. The molecule has 4 rings (SSSR count). The number of nitrogens with two attached hydrogens (primary N) is 1. The number of fused-ring (bicyclic) bond motifs is 3. The Labute approximate surface area is 163 Å². The third-order valence-electron chi connectivity index (χ3n) is 5.94. The van der Waals surface area contributed by atoms with E-state index < -0.39 is 0 Å². The number of aromatic nitrogens is 2. The van der Waals surface area contributed by atoms with Crippen LogP contribution in [-0.2, 0) is 17.6 Å². The van der Waals surface area contributed by atoms with E-state index in [1.807, 2.05) is 4.90 Å². The van der Waals surface area contributed by atoms with Gasteiger partial charge in [-0.3, -0.25) is 9.59 Å². The zero-order valence-electron chi connectivity index (χ0n) is 16.2. The van der Waals surface area contributed by atoms with Gasteiger partial charge in [0.25, 0.3) is 5.56 Å². The highest BCUT2D eigenvalue weighted by Crippen LogP contribution is 2.35. The van der Waals surface area contributed by atoms with Gasteiger partial charge in [0.05, 0.1) is 11.9 Å². The fourth-order valence-electron chi connectivity index (χ4n) is 4.28. The number of aromatic amines is 1. The number of likely N-dealkylation sites (tertiary alicyclic amines) is 1. The zero-order valence-corrected chi connectivity index (χ0v) is 17.0. The van der Waals surface area contributed by atoms with Gasteiger partial charge in [-0.05, 0) is 44.1 Å². The Balaban J connectivity index is 1.42. The molecule has 1 aliphatic heterocycles. The molecule has 27 heavy (non-hydrogen) atoms. The molecule has 0 saturated carbocycles. The number of carbonyl (C=O) groups excluding carboxylic acids is 1. The maximum absolute atomic E-state index is 12.7. The van der Waals surface area contributed by atoms with Crippen LogP contribution < -0.4 is 10.9 Å². The Morgan fingerprint density at radius 2 is 2.22 bits per heavy atom. The lowest BCUT2D eigenvalue weighted by molar-refractivity contribution is -0.694. The Kier molecular flexibility index (Phi) is 5.32. The summed E-state index contributed by atoms with van der Waals surface area (Å²) in [5.41, 5.74) is 1.25. The molecule has 1 fully saturated rings. The Morgan fingerprint density at radius 1 is 1.37 bits per heavy atom. The van der Waals surface area contributed by atoms with Crippen molar-refractivity contribution in [3.8, 4) is 0 Å². The lowest BCUT2D eigenvalue weighted by Gasteiger charge is -2.17. The van der Waals surface area contributed by atoms with Crippen molar-refractivity contribution in [2.75, 3.05) is 19.6 Å². The van der Waals surface area contributed by atoms with E-state index in [0.29, 0.717) is 12.3 Å². The van der Waals surface area contributed by atoms with E-state index in [0.717, 1.165) is 67.8 Å². The van der Waals surface area contributed by atoms with Crippen molar-refractivity contribution in [1.29, 1.82) is 0 Å². The summed E-state index contributed by atoms with van der Waals surface area (Å²) in [6.45, 7) is 7.03. The normalized spacial score (nSPS) is 21.0. The van der Waals surface area contributed by atoms with Crippen LogP contribution in [-0.4, -0.2) is 40.4 Å². The Hall–Kier alpha value is -1.73. The molecule has 2 aromatic rings. The monoisotopic (exact) mass is 389 g/mol. The van der Waals surface area contributed by atoms with Gasteiger partial charge in [-0.15, -0.1) is 11.3 Å². The number of thiophene rings is 1. The average Bonchev–Trinajstić information content (AvgIpc) is 3.21. The van der Waals surface area contributed by atoms with Gasteiger partial charge in [0.15, 0.2) is 5.82 Å². The maximum atomic E-state index is 12.7. The number of nitrogens with one attached hydrogen (secondary N) is 1. The van der Waals surface area contributed by atoms with Crippen LogP contribution in [0.2, 0.25) is 0 Å². The second-order valence-corrected chi connectivity index (χ2v) is 9.22. The molecular formula is C20H29N4O2S+. The molecule has 2 aliphatic rings. The molecule has 6 nitrogen and oxygen atoms in total. The van der Waals surface area contributed by atoms with Gasteiger partial charge in [-0.25, -0.2) is 4.98 Å². The van der Waals surface area contributed by atoms with Crippen molar-refractivity contribution in [3.05, 3.63) is 26.6 Å². The highest BCUT2D eigenvalue weighted by Gasteiger charge is 2.24. The highest BCUT2D eigenvalue weighted by molar-refractivity contribution is 7.18. The summed E-state index contributed by atoms with van der Waals surface area (Å²) in [6.07, 6.45) is 5.89. The Bertz CT molecular complexity index is 903. The average molecular weight is 390 g/mol. The van der Waals surface area contributed by atoms with Crippen LogP contribution in [0.5, 0.6) is 0 Å². The third-order valence-corrected chi connectivity index (χ3v) is 7.09. The highest BCUT2D eigenvalue weighted by atomic mass is 32.1. The first-order chi connectivity index (χ1) is 13.0. The molecule has 7 heteroatoms. The molecule has 1 saturated heterocycles. The van der Waals surface area contributed by atoms with Gasteiger partial charge >= 0.3 is 0 Å². The minimum atomic E-state index is 0.0185. The number of carbonyl (C=O) groups is 1. The number of nitrogens with zero attached hydrogens (tertiary/aromatic N) is 2. The Morgan fingerprint density at radius 3 is 3.00 bits per heavy atom. The molecule has 0 unspecified atom stereocenters. The number of hydrogen-bond donors (Lipinski definition) is 2. The van der Waals surface area contributed by atoms with Gasteiger partial charge in [-0.2, -0.15) is 0 Å². The van der Waals surface area contributed by atoms with Crippen LogP contribution >= 0.6 is 11.3 Å². The van der Waals surface area contributed by atoms with Crippen molar-refractivity contribution >= 4 is 27.5 Å². The lowest BCUT2D eigenvalue weighted by atomic mass is 9.89. The van der Waals surface area contributed by atoms with Crippen molar-refractivity contribution in [3.63, 3.8) is 0 Å². The summed E-state index contributed by atoms with van der Waals surface area (Å²) in [4.78, 5) is 36.4. The molecule has 2 atom stereocenters. The molecule has 1 amide bonds. The topological polar surface area (TPSA) is 82.7 Å². The molecule has 2 aromatic heterocycles. The van der Waals surface area contributed by atoms with E-state index in [1.54, 1.807) is 11.3 Å². The molecule has 3 N–H and O–H groups in total. The summed E-state index contributed by atoms with van der Waals surface area (Å²) < 4.78 is 0. The molecule has 0 radical (unpaired) electrons. The van der Waals surface area contributed by atoms with Crippen LogP contribution in [0.15, 0.2) is 4.79 Å². The fraction of sp³-hybridized carbons (Fsp3) is 0.650. The molecule has 3 heterocycles. The van der Waals surface area contributed by atoms with Crippen LogP contribution in [0.3, 0.4) is 0 Å². The SMILES string of the molecule is C[C@H]1CCc2c(sc3nc([C@@H](C)[NH2+]CCCN4CCCC4=O)[nH]c(=O)c23)C1. The van der Waals surface area contributed by atoms with E-state index >= 15 is 0 Å². The summed E-state index contributed by atoms with van der Waals surface area (Å²) in [5, 5.41) is 3.03. The van der Waals surface area contributed by atoms with Gasteiger partial charge in [0.2, 0.25) is 5.91 Å². The largest absolute Gasteiger partial charge is 0.342 e. The van der Waals surface area contributed by atoms with Gasteiger partial charge in [-0.1, -0.05) is 6.92 Å². The summed E-state index contributed by atoms with van der Waals surface area (Å²) in [7, 11) is 0. The second-order valence-electron chi connectivity index (χ2n) is 8.13. The quantitative estimate of drug-likeness (QED) is 0.739. The second kappa shape index (κ2) is 7.72. The van der Waals surface area contributed by atoms with E-state index in [1.165, 1.54) is 10.4 Å². The van der Waals surface area contributed by atoms with Crippen LogP contribution in [0, 0.1) is 5.92 Å². The first kappa shape index (κ1) is 18.6. The van der Waals surface area contributed by atoms with Gasteiger partial charge in [0, 0.05) is 30.8 Å². The van der Waals surface area contributed by atoms with Crippen LogP contribution in [0.25, 0.3) is 10.2 Å². The molecule has 0 bridgehead atoms. The number of aryl methyl sites for hydroxylation is 1. The summed E-state index contributed by atoms with van der Waals surface area (Å²) in [6, 6.07) is 0.106. The van der Waals surface area contributed by atoms with Gasteiger partial charge < -0.3 is 15.2 Å².